The molecule has 1 N–H and O–H groups in total. The minimum atomic E-state index is -3.55. The van der Waals surface area contributed by atoms with E-state index in [1.54, 1.807) is 23.5 Å². The second-order valence-electron chi connectivity index (χ2n) is 8.43. The van der Waals surface area contributed by atoms with Crippen molar-refractivity contribution in [1.29, 1.82) is 0 Å². The van der Waals surface area contributed by atoms with Crippen LogP contribution in [0.25, 0.3) is 21.3 Å². The number of amides is 1. The van der Waals surface area contributed by atoms with Crippen LogP contribution in [-0.2, 0) is 27.8 Å². The van der Waals surface area contributed by atoms with E-state index in [1.165, 1.54) is 18.4 Å². The standard InChI is InChI=1S/C24H29N5O3S2/c1-5-6-13-29-21-10-8-18(34(31,32)28(3)4)15-20(21)27-23(29)11-12-24(30)26-17-7-9-19-22(14-17)33-16(2)25-19/h7-10,14-15H,5-6,11-13H2,1-4H3,(H,26,30). The second-order valence-corrected chi connectivity index (χ2v) is 11.8. The predicted octanol–water partition coefficient (Wildman–Crippen LogP) is 4.58. The van der Waals surface area contributed by atoms with E-state index in [4.69, 9.17) is 4.98 Å². The molecular weight excluding hydrogens is 470 g/mol. The zero-order chi connectivity index (χ0) is 24.5. The number of unbranched alkanes of at least 4 members (excludes halogenated alkanes) is 1. The molecule has 4 aromatic rings. The average molecular weight is 500 g/mol. The highest BCUT2D eigenvalue weighted by atomic mass is 32.2. The van der Waals surface area contributed by atoms with Gasteiger partial charge in [0.05, 0.1) is 31.2 Å². The second kappa shape index (κ2) is 9.81. The molecule has 0 unspecified atom stereocenters. The highest BCUT2D eigenvalue weighted by Gasteiger charge is 2.20. The Morgan fingerprint density at radius 1 is 1.12 bits per heavy atom. The monoisotopic (exact) mass is 499 g/mol. The summed E-state index contributed by atoms with van der Waals surface area (Å²) < 4.78 is 29.4. The van der Waals surface area contributed by atoms with Crippen LogP contribution in [0, 0.1) is 6.92 Å². The van der Waals surface area contributed by atoms with E-state index in [0.29, 0.717) is 11.9 Å². The van der Waals surface area contributed by atoms with E-state index in [9.17, 15) is 13.2 Å². The van der Waals surface area contributed by atoms with E-state index in [0.717, 1.165) is 51.6 Å². The lowest BCUT2D eigenvalue weighted by Crippen LogP contribution is -2.22. The topological polar surface area (TPSA) is 97.2 Å². The van der Waals surface area contributed by atoms with Crippen molar-refractivity contribution in [2.45, 2.75) is 51.0 Å². The number of thiazole rings is 1. The predicted molar refractivity (Wildman–Crippen MR) is 137 cm³/mol. The van der Waals surface area contributed by atoms with Crippen LogP contribution in [0.4, 0.5) is 5.69 Å². The molecule has 0 saturated carbocycles. The maximum atomic E-state index is 12.7. The Bertz CT molecular complexity index is 1450. The summed E-state index contributed by atoms with van der Waals surface area (Å²) in [5, 5.41) is 3.96. The number of sulfonamides is 1. The van der Waals surface area contributed by atoms with Gasteiger partial charge in [-0.1, -0.05) is 13.3 Å². The Morgan fingerprint density at radius 2 is 1.91 bits per heavy atom. The smallest absolute Gasteiger partial charge is 0.242 e. The summed E-state index contributed by atoms with van der Waals surface area (Å²) in [5.74, 6) is 0.692. The van der Waals surface area contributed by atoms with Gasteiger partial charge in [0.25, 0.3) is 0 Å². The van der Waals surface area contributed by atoms with Crippen molar-refractivity contribution in [3.8, 4) is 0 Å². The molecule has 10 heteroatoms. The van der Waals surface area contributed by atoms with Crippen molar-refractivity contribution in [2.24, 2.45) is 0 Å². The number of anilines is 1. The fraction of sp³-hybridized carbons (Fsp3) is 0.375. The van der Waals surface area contributed by atoms with Gasteiger partial charge in [0.15, 0.2) is 0 Å². The molecule has 0 aliphatic carbocycles. The summed E-state index contributed by atoms with van der Waals surface area (Å²) in [6.07, 6.45) is 2.73. The number of rotatable bonds is 9. The van der Waals surface area contributed by atoms with E-state index in [-0.39, 0.29) is 17.2 Å². The first-order valence-electron chi connectivity index (χ1n) is 11.3. The van der Waals surface area contributed by atoms with Gasteiger partial charge in [-0.15, -0.1) is 11.3 Å². The summed E-state index contributed by atoms with van der Waals surface area (Å²) in [5.41, 5.74) is 3.19. The molecule has 2 heterocycles. The number of nitrogens with one attached hydrogen (secondary N) is 1. The number of hydrogen-bond acceptors (Lipinski definition) is 6. The Kier molecular flexibility index (Phi) is 7.01. The molecule has 0 spiro atoms. The summed E-state index contributed by atoms with van der Waals surface area (Å²) >= 11 is 1.60. The van der Waals surface area contributed by atoms with Gasteiger partial charge in [-0.05, 0) is 49.7 Å². The molecular formula is C24H29N5O3S2. The van der Waals surface area contributed by atoms with Crippen molar-refractivity contribution >= 4 is 54.2 Å². The highest BCUT2D eigenvalue weighted by Crippen LogP contribution is 2.26. The van der Waals surface area contributed by atoms with E-state index < -0.39 is 10.0 Å². The summed E-state index contributed by atoms with van der Waals surface area (Å²) in [7, 11) is -0.525. The molecule has 34 heavy (non-hydrogen) atoms. The van der Waals surface area contributed by atoms with Gasteiger partial charge < -0.3 is 9.88 Å². The van der Waals surface area contributed by atoms with Crippen LogP contribution in [0.15, 0.2) is 41.3 Å². The van der Waals surface area contributed by atoms with Gasteiger partial charge in [-0.25, -0.2) is 22.7 Å². The molecule has 180 valence electrons. The Labute approximate surface area is 203 Å². The maximum Gasteiger partial charge on any atom is 0.242 e. The SMILES string of the molecule is CCCCn1c(CCC(=O)Nc2ccc3nc(C)sc3c2)nc2cc(S(=O)(=O)N(C)C)ccc21. The van der Waals surface area contributed by atoms with Crippen LogP contribution in [-0.4, -0.2) is 47.3 Å². The number of carbonyl (C=O) groups is 1. The molecule has 0 aliphatic rings. The first kappa shape index (κ1) is 24.3. The lowest BCUT2D eigenvalue weighted by atomic mass is 10.2. The molecule has 0 radical (unpaired) electrons. The average Bonchev–Trinajstić information content (AvgIpc) is 3.34. The molecule has 1 amide bonds. The van der Waals surface area contributed by atoms with E-state index >= 15 is 0 Å². The molecule has 0 atom stereocenters. The number of hydrogen-bond donors (Lipinski definition) is 1. The number of imidazole rings is 1. The van der Waals surface area contributed by atoms with Crippen molar-refractivity contribution in [1.82, 2.24) is 18.8 Å². The van der Waals surface area contributed by atoms with Crippen molar-refractivity contribution in [3.63, 3.8) is 0 Å². The number of carbonyl (C=O) groups excluding carboxylic acids is 1. The fourth-order valence-electron chi connectivity index (χ4n) is 3.85. The van der Waals surface area contributed by atoms with Crippen LogP contribution in [0.1, 0.15) is 37.0 Å². The van der Waals surface area contributed by atoms with Crippen LogP contribution in [0.2, 0.25) is 0 Å². The molecule has 2 aromatic carbocycles. The lowest BCUT2D eigenvalue weighted by Gasteiger charge is -2.11. The number of benzene rings is 2. The van der Waals surface area contributed by atoms with Crippen molar-refractivity contribution < 1.29 is 13.2 Å². The largest absolute Gasteiger partial charge is 0.328 e. The number of fused-ring (bicyclic) bond motifs is 2. The minimum Gasteiger partial charge on any atom is -0.328 e. The van der Waals surface area contributed by atoms with Crippen LogP contribution >= 0.6 is 11.3 Å². The number of nitrogens with zero attached hydrogens (tertiary/aromatic N) is 4. The summed E-state index contributed by atoms with van der Waals surface area (Å²) in [6, 6.07) is 10.8. The molecule has 0 bridgehead atoms. The van der Waals surface area contributed by atoms with Crippen LogP contribution < -0.4 is 5.32 Å². The van der Waals surface area contributed by atoms with E-state index in [1.807, 2.05) is 31.2 Å². The van der Waals surface area contributed by atoms with Gasteiger partial charge >= 0.3 is 0 Å². The third-order valence-corrected chi connectivity index (χ3v) is 8.41. The van der Waals surface area contributed by atoms with Crippen LogP contribution in [0.5, 0.6) is 0 Å². The molecule has 4 rings (SSSR count). The minimum absolute atomic E-state index is 0.0921. The number of aryl methyl sites for hydroxylation is 3. The molecule has 0 aliphatic heterocycles. The zero-order valence-electron chi connectivity index (χ0n) is 19.8. The molecule has 8 nitrogen and oxygen atoms in total. The molecule has 2 aromatic heterocycles. The molecule has 0 fully saturated rings. The van der Waals surface area contributed by atoms with Gasteiger partial charge in [0.1, 0.15) is 5.82 Å². The summed E-state index contributed by atoms with van der Waals surface area (Å²) in [4.78, 5) is 22.1. The van der Waals surface area contributed by atoms with Gasteiger partial charge in [0.2, 0.25) is 15.9 Å². The zero-order valence-corrected chi connectivity index (χ0v) is 21.5. The third kappa shape index (κ3) is 4.98. The first-order valence-corrected chi connectivity index (χ1v) is 13.5. The highest BCUT2D eigenvalue weighted by molar-refractivity contribution is 7.89. The van der Waals surface area contributed by atoms with Crippen LogP contribution in [0.3, 0.4) is 0 Å². The Hall–Kier alpha value is -2.82. The Balaban J connectivity index is 1.54. The normalized spacial score (nSPS) is 12.1. The fourth-order valence-corrected chi connectivity index (χ4v) is 5.64. The first-order chi connectivity index (χ1) is 16.2. The summed E-state index contributed by atoms with van der Waals surface area (Å²) in [6.45, 7) is 4.85. The third-order valence-electron chi connectivity index (χ3n) is 5.67. The molecule has 0 saturated heterocycles. The Morgan fingerprint density at radius 3 is 2.65 bits per heavy atom. The maximum absolute atomic E-state index is 12.7. The van der Waals surface area contributed by atoms with E-state index in [2.05, 4.69) is 21.8 Å². The lowest BCUT2D eigenvalue weighted by molar-refractivity contribution is -0.116. The quantitative estimate of drug-likeness (QED) is 0.364. The van der Waals surface area contributed by atoms with Gasteiger partial charge in [-0.3, -0.25) is 4.79 Å². The van der Waals surface area contributed by atoms with Crippen molar-refractivity contribution in [3.05, 3.63) is 47.2 Å². The van der Waals surface area contributed by atoms with Gasteiger partial charge in [-0.2, -0.15) is 0 Å². The van der Waals surface area contributed by atoms with Gasteiger partial charge in [0, 0.05) is 39.2 Å². The van der Waals surface area contributed by atoms with Crippen molar-refractivity contribution in [2.75, 3.05) is 19.4 Å². The number of aromatic nitrogens is 3.